The quantitative estimate of drug-likeness (QED) is 0.519. The second-order valence-electron chi connectivity index (χ2n) is 11.1. The molecule has 1 N–H and O–H groups in total. The van der Waals surface area contributed by atoms with Gasteiger partial charge < -0.3 is 5.11 Å². The molecule has 5 saturated carbocycles. The van der Waals surface area contributed by atoms with E-state index in [2.05, 4.69) is 32.2 Å². The van der Waals surface area contributed by atoms with Gasteiger partial charge in [-0.05, 0) is 106 Å². The summed E-state index contributed by atoms with van der Waals surface area (Å²) >= 11 is 0. The molecule has 5 rings (SSSR count). The van der Waals surface area contributed by atoms with Crippen molar-refractivity contribution in [2.45, 2.75) is 84.2 Å². The molecule has 9 atom stereocenters. The lowest BCUT2D eigenvalue weighted by atomic mass is 9.48. The maximum atomic E-state index is 10.6. The minimum Gasteiger partial charge on any atom is -0.390 e. The molecule has 0 aromatic carbocycles. The normalized spacial score (nSPS) is 59.8. The number of rotatable bonds is 0. The Bertz CT molecular complexity index is 646. The summed E-state index contributed by atoms with van der Waals surface area (Å²) in [6.45, 7) is 11.1. The third-order valence-corrected chi connectivity index (χ3v) is 9.88. The first-order chi connectivity index (χ1) is 11.8. The predicted molar refractivity (Wildman–Crippen MR) is 104 cm³/mol. The van der Waals surface area contributed by atoms with Crippen molar-refractivity contribution < 1.29 is 5.11 Å². The van der Waals surface area contributed by atoms with E-state index in [1.165, 1.54) is 50.7 Å². The van der Waals surface area contributed by atoms with E-state index in [1.54, 1.807) is 0 Å². The zero-order chi connectivity index (χ0) is 17.6. The molecule has 0 bridgehead atoms. The highest BCUT2D eigenvalue weighted by Crippen LogP contribution is 2.75. The van der Waals surface area contributed by atoms with E-state index < -0.39 is 5.60 Å². The molecular formula is C23H36NO+. The van der Waals surface area contributed by atoms with Gasteiger partial charge in [0.15, 0.2) is 0 Å². The summed E-state index contributed by atoms with van der Waals surface area (Å²) in [6, 6.07) is 0. The molecule has 25 heavy (non-hydrogen) atoms. The Kier molecular flexibility index (Phi) is 3.33. The maximum Gasteiger partial charge on any atom is 0.286 e. The van der Waals surface area contributed by atoms with Crippen LogP contribution in [-0.4, -0.2) is 23.1 Å². The Labute approximate surface area is 153 Å². The van der Waals surface area contributed by atoms with Crippen molar-refractivity contribution in [2.75, 3.05) is 0 Å². The van der Waals surface area contributed by atoms with E-state index in [9.17, 15) is 5.11 Å². The molecule has 5 aliphatic rings. The van der Waals surface area contributed by atoms with Crippen LogP contribution in [0.1, 0.15) is 78.6 Å². The zero-order valence-corrected chi connectivity index (χ0v) is 16.4. The second kappa shape index (κ2) is 5.02. The molecule has 0 heterocycles. The molecular weight excluding hydrogens is 306 g/mol. The van der Waals surface area contributed by atoms with Gasteiger partial charge in [-0.3, -0.25) is 0 Å². The fraction of sp³-hybridized carbons (Fsp3) is 0.913. The van der Waals surface area contributed by atoms with Gasteiger partial charge in [-0.25, -0.2) is 0 Å². The van der Waals surface area contributed by atoms with Gasteiger partial charge in [0.2, 0.25) is 0 Å². The number of nitrogens with zero attached hydrogens (tertiary/aromatic N) is 1. The summed E-state index contributed by atoms with van der Waals surface area (Å²) in [5.41, 5.74) is 1.96. The largest absolute Gasteiger partial charge is 0.390 e. The highest BCUT2D eigenvalue weighted by molar-refractivity contribution is 5.94. The minimum atomic E-state index is -0.398. The lowest BCUT2D eigenvalue weighted by molar-refractivity contribution is -0.0979. The number of aliphatic hydroxyl groups is 1. The van der Waals surface area contributed by atoms with E-state index in [0.29, 0.717) is 10.8 Å². The van der Waals surface area contributed by atoms with Gasteiger partial charge in [0.1, 0.15) is 0 Å². The first kappa shape index (κ1) is 16.6. The van der Waals surface area contributed by atoms with Crippen LogP contribution in [0.15, 0.2) is 0 Å². The Morgan fingerprint density at radius 2 is 1.72 bits per heavy atom. The van der Waals surface area contributed by atoms with Crippen LogP contribution in [0.4, 0.5) is 0 Å². The number of fused-ring (bicyclic) bond motifs is 6. The molecule has 0 amide bonds. The average molecular weight is 343 g/mol. The predicted octanol–water partition coefficient (Wildman–Crippen LogP) is 4.23. The minimum absolute atomic E-state index is 0.334. The smallest absolute Gasteiger partial charge is 0.286 e. The van der Waals surface area contributed by atoms with Gasteiger partial charge in [0.25, 0.3) is 12.4 Å². The molecule has 1 spiro atoms. The number of hydrogen-bond acceptors (Lipinski definition) is 1. The average Bonchev–Trinajstić information content (AvgIpc) is 3.11. The van der Waals surface area contributed by atoms with Gasteiger partial charge >= 0.3 is 0 Å². The van der Waals surface area contributed by atoms with Crippen LogP contribution in [0.3, 0.4) is 0 Å². The van der Waals surface area contributed by atoms with Crippen LogP contribution < -0.4 is 4.67 Å². The van der Waals surface area contributed by atoms with Gasteiger partial charge in [-0.1, -0.05) is 6.92 Å². The van der Waals surface area contributed by atoms with Crippen molar-refractivity contribution in [3.8, 4) is 0 Å². The van der Waals surface area contributed by atoms with Crippen LogP contribution in [0, 0.1) is 46.3 Å². The van der Waals surface area contributed by atoms with Gasteiger partial charge in [-0.2, -0.15) is 0 Å². The molecule has 2 heteroatoms. The zero-order valence-electron chi connectivity index (χ0n) is 16.4. The van der Waals surface area contributed by atoms with Crippen LogP contribution >= 0.6 is 0 Å². The molecule has 0 radical (unpaired) electrons. The summed E-state index contributed by atoms with van der Waals surface area (Å²) in [7, 11) is 0. The molecule has 0 aromatic heterocycles. The first-order valence-electron chi connectivity index (χ1n) is 10.9. The summed E-state index contributed by atoms with van der Waals surface area (Å²) < 4.78 is 4.59. The van der Waals surface area contributed by atoms with Gasteiger partial charge in [0.05, 0.1) is 17.4 Å². The summed E-state index contributed by atoms with van der Waals surface area (Å²) in [5.74, 6) is 5.24. The lowest BCUT2D eigenvalue weighted by Gasteiger charge is -2.56. The van der Waals surface area contributed by atoms with Crippen molar-refractivity contribution in [3.63, 3.8) is 0 Å². The van der Waals surface area contributed by atoms with E-state index >= 15 is 0 Å². The molecule has 5 aliphatic carbocycles. The van der Waals surface area contributed by atoms with Crippen LogP contribution in [-0.2, 0) is 0 Å². The second-order valence-corrected chi connectivity index (χ2v) is 11.1. The third kappa shape index (κ3) is 2.10. The molecule has 0 aliphatic heterocycles. The lowest BCUT2D eigenvalue weighted by Crippen LogP contribution is -2.52. The molecule has 2 nitrogen and oxygen atoms in total. The summed E-state index contributed by atoms with van der Waals surface area (Å²) in [5, 5.41) is 10.6. The van der Waals surface area contributed by atoms with Crippen LogP contribution in [0.5, 0.6) is 0 Å². The Morgan fingerprint density at radius 3 is 2.40 bits per heavy atom. The molecule has 0 saturated heterocycles. The summed E-state index contributed by atoms with van der Waals surface area (Å²) in [6.07, 6.45) is 11.5. The SMILES string of the molecule is C=[N+]=C1CC2(C[C@H]2C)[C@H]2[C@@H]3CC[C@@H]4C[C@](C)(O)CC[C@@H]4[C@H]3CC[C@]12C. The fourth-order valence-corrected chi connectivity index (χ4v) is 8.72. The maximum absolute atomic E-state index is 10.6. The topological polar surface area (TPSA) is 34.3 Å². The Morgan fingerprint density at radius 1 is 1.00 bits per heavy atom. The van der Waals surface area contributed by atoms with Gasteiger partial charge in [0, 0.05) is 0 Å². The van der Waals surface area contributed by atoms with Crippen molar-refractivity contribution in [3.05, 3.63) is 0 Å². The number of hydrogen-bond donors (Lipinski definition) is 1. The molecule has 5 fully saturated rings. The highest BCUT2D eigenvalue weighted by Gasteiger charge is 2.74. The monoisotopic (exact) mass is 342 g/mol. The highest BCUT2D eigenvalue weighted by atomic mass is 16.3. The van der Waals surface area contributed by atoms with Crippen molar-refractivity contribution >= 4 is 12.4 Å². The van der Waals surface area contributed by atoms with Gasteiger partial charge in [-0.15, -0.1) is 4.67 Å². The van der Waals surface area contributed by atoms with Crippen molar-refractivity contribution in [2.24, 2.45) is 46.3 Å². The molecule has 1 unspecified atom stereocenters. The Hall–Kier alpha value is -0.590. The van der Waals surface area contributed by atoms with E-state index in [0.717, 1.165) is 48.3 Å². The first-order valence-corrected chi connectivity index (χ1v) is 10.9. The van der Waals surface area contributed by atoms with E-state index in [4.69, 9.17) is 0 Å². The standard InChI is InChI=1S/C23H36NO/c1-14-11-23(14)13-19(24-4)22(3)10-8-17-16-7-9-21(2,25)12-15(16)5-6-18(17)20(22)23/h14-18,20,25H,4-13H2,1-3H3/q+1/t14-,15-,16+,17-,18-,20+,21-,22-,23?/m1/s1. The van der Waals surface area contributed by atoms with E-state index in [1.807, 2.05) is 0 Å². The fourth-order valence-electron chi connectivity index (χ4n) is 8.72. The summed E-state index contributed by atoms with van der Waals surface area (Å²) in [4.78, 5) is 0. The third-order valence-electron chi connectivity index (χ3n) is 9.88. The molecule has 0 aromatic rings. The van der Waals surface area contributed by atoms with Crippen molar-refractivity contribution in [1.29, 1.82) is 0 Å². The van der Waals surface area contributed by atoms with Crippen LogP contribution in [0.2, 0.25) is 0 Å². The molecule has 138 valence electrons. The van der Waals surface area contributed by atoms with Crippen molar-refractivity contribution in [1.82, 2.24) is 4.67 Å². The Balaban J connectivity index is 1.49. The van der Waals surface area contributed by atoms with Crippen LogP contribution in [0.25, 0.3) is 0 Å². The van der Waals surface area contributed by atoms with E-state index in [-0.39, 0.29) is 0 Å².